The van der Waals surface area contributed by atoms with Gasteiger partial charge in [-0.25, -0.2) is 4.98 Å². The van der Waals surface area contributed by atoms with Crippen LogP contribution in [0.1, 0.15) is 63.1 Å². The number of benzene rings is 1. The number of rotatable bonds is 7. The molecular formula is C29H40N6. The highest BCUT2D eigenvalue weighted by molar-refractivity contribution is 6.10. The first-order valence-electron chi connectivity index (χ1n) is 12.1. The molecular weight excluding hydrogens is 432 g/mol. The maximum Gasteiger partial charge on any atom is 0.132 e. The minimum absolute atomic E-state index is 0.0191. The molecule has 0 amide bonds. The molecule has 3 N–H and O–H groups in total. The number of imidazole rings is 1. The average Bonchev–Trinajstić information content (AvgIpc) is 3.17. The van der Waals surface area contributed by atoms with Gasteiger partial charge in [0.1, 0.15) is 11.7 Å². The number of aryl methyl sites for hydroxylation is 2. The quantitative estimate of drug-likeness (QED) is 0.279. The molecule has 0 atom stereocenters. The van der Waals surface area contributed by atoms with Crippen LogP contribution in [-0.4, -0.2) is 50.2 Å². The molecule has 1 aliphatic heterocycles. The third kappa shape index (κ3) is 6.45. The van der Waals surface area contributed by atoms with Gasteiger partial charge in [0.25, 0.3) is 0 Å². The summed E-state index contributed by atoms with van der Waals surface area (Å²) >= 11 is 0. The van der Waals surface area contributed by atoms with E-state index in [1.807, 2.05) is 61.0 Å². The monoisotopic (exact) mass is 472 g/mol. The summed E-state index contributed by atoms with van der Waals surface area (Å²) in [4.78, 5) is 6.41. The van der Waals surface area contributed by atoms with Gasteiger partial charge in [0.2, 0.25) is 0 Å². The fourth-order valence-electron chi connectivity index (χ4n) is 5.17. The van der Waals surface area contributed by atoms with Crippen LogP contribution in [0.15, 0.2) is 55.4 Å². The highest BCUT2D eigenvalue weighted by Crippen LogP contribution is 2.31. The van der Waals surface area contributed by atoms with Gasteiger partial charge in [0.05, 0.1) is 5.71 Å². The summed E-state index contributed by atoms with van der Waals surface area (Å²) in [7, 11) is 3.95. The Hall–Kier alpha value is -3.25. The molecule has 0 radical (unpaired) electrons. The lowest BCUT2D eigenvalue weighted by atomic mass is 9.79. The minimum Gasteiger partial charge on any atom is -0.357 e. The van der Waals surface area contributed by atoms with Crippen LogP contribution in [0.4, 0.5) is 0 Å². The summed E-state index contributed by atoms with van der Waals surface area (Å²) in [6.45, 7) is 14.9. The van der Waals surface area contributed by atoms with E-state index < -0.39 is 0 Å². The zero-order valence-corrected chi connectivity index (χ0v) is 22.2. The maximum absolute atomic E-state index is 8.62. The fraction of sp³-hybridized carbons (Fsp3) is 0.414. The first kappa shape index (κ1) is 26.4. The number of aromatic nitrogens is 2. The molecule has 1 fully saturated rings. The van der Waals surface area contributed by atoms with Gasteiger partial charge in [-0.3, -0.25) is 5.41 Å². The van der Waals surface area contributed by atoms with Crippen molar-refractivity contribution < 1.29 is 0 Å². The third-order valence-corrected chi connectivity index (χ3v) is 6.72. The molecule has 1 aromatic heterocycles. The Balaban J connectivity index is 1.73. The summed E-state index contributed by atoms with van der Waals surface area (Å²) in [5, 5.41) is 20.9. The van der Waals surface area contributed by atoms with Gasteiger partial charge in [-0.1, -0.05) is 30.9 Å². The van der Waals surface area contributed by atoms with Crippen molar-refractivity contribution in [3.05, 3.63) is 77.9 Å². The Labute approximate surface area is 210 Å². The molecule has 3 rings (SSSR count). The Morgan fingerprint density at radius 2 is 1.83 bits per heavy atom. The summed E-state index contributed by atoms with van der Waals surface area (Å²) in [6, 6.07) is 6.33. The van der Waals surface area contributed by atoms with Crippen LogP contribution in [0.5, 0.6) is 0 Å². The molecule has 2 aromatic rings. The van der Waals surface area contributed by atoms with Crippen molar-refractivity contribution in [3.8, 4) is 0 Å². The summed E-state index contributed by atoms with van der Waals surface area (Å²) in [5.74, 6) is 1.29. The molecule has 0 saturated carbocycles. The third-order valence-electron chi connectivity index (χ3n) is 6.72. The highest BCUT2D eigenvalue weighted by Gasteiger charge is 2.39. The van der Waals surface area contributed by atoms with Crippen LogP contribution in [0.25, 0.3) is 11.6 Å². The van der Waals surface area contributed by atoms with E-state index in [0.29, 0.717) is 11.5 Å². The number of allylic oxidation sites excluding steroid dienone is 3. The van der Waals surface area contributed by atoms with Crippen molar-refractivity contribution >= 4 is 23.2 Å². The zero-order valence-electron chi connectivity index (χ0n) is 22.2. The van der Waals surface area contributed by atoms with E-state index in [-0.39, 0.29) is 17.1 Å². The topological polar surface area (TPSA) is 80.8 Å². The lowest BCUT2D eigenvalue weighted by Gasteiger charge is -2.49. The molecule has 0 unspecified atom stereocenters. The van der Waals surface area contributed by atoms with E-state index in [0.717, 1.165) is 40.9 Å². The van der Waals surface area contributed by atoms with Crippen LogP contribution >= 0.6 is 0 Å². The molecule has 186 valence electrons. The first-order valence-corrected chi connectivity index (χ1v) is 12.1. The molecule has 2 heterocycles. The Kier molecular flexibility index (Phi) is 7.65. The van der Waals surface area contributed by atoms with Crippen molar-refractivity contribution in [1.29, 1.82) is 10.8 Å². The molecule has 1 saturated heterocycles. The summed E-state index contributed by atoms with van der Waals surface area (Å²) in [6.07, 6.45) is 12.9. The Bertz CT molecular complexity index is 1160. The van der Waals surface area contributed by atoms with Crippen LogP contribution in [0, 0.1) is 17.7 Å². The average molecular weight is 473 g/mol. The predicted octanol–water partition coefficient (Wildman–Crippen LogP) is 5.60. The van der Waals surface area contributed by atoms with Gasteiger partial charge in [-0.2, -0.15) is 0 Å². The number of piperidine rings is 1. The van der Waals surface area contributed by atoms with Gasteiger partial charge >= 0.3 is 0 Å². The SMILES string of the molecule is C=C/C(=C\c1nccn1C)c1ccc(C(=N)/C=C\C(=N)N(C)C2CC(C)(C)NC(C)(C)C2)c(C)c1. The number of hydrogen-bond acceptors (Lipinski definition) is 4. The van der Waals surface area contributed by atoms with Gasteiger partial charge in [-0.05, 0) is 82.4 Å². The van der Waals surface area contributed by atoms with E-state index in [9.17, 15) is 0 Å². The van der Waals surface area contributed by atoms with E-state index in [4.69, 9.17) is 10.8 Å². The van der Waals surface area contributed by atoms with Crippen molar-refractivity contribution in [3.63, 3.8) is 0 Å². The van der Waals surface area contributed by atoms with Crippen molar-refractivity contribution in [2.45, 2.75) is 64.6 Å². The van der Waals surface area contributed by atoms with E-state index in [1.54, 1.807) is 18.3 Å². The second kappa shape index (κ2) is 10.2. The minimum atomic E-state index is 0.0191. The van der Waals surface area contributed by atoms with Crippen molar-refractivity contribution in [2.75, 3.05) is 7.05 Å². The van der Waals surface area contributed by atoms with Crippen LogP contribution in [-0.2, 0) is 7.05 Å². The number of likely N-dealkylation sites (N-methyl/N-ethyl adjacent to an activating group) is 1. The second-order valence-electron chi connectivity index (χ2n) is 10.9. The van der Waals surface area contributed by atoms with Gasteiger partial charge in [0, 0.05) is 49.2 Å². The zero-order chi connectivity index (χ0) is 26.0. The fourth-order valence-corrected chi connectivity index (χ4v) is 5.17. The Morgan fingerprint density at radius 1 is 1.17 bits per heavy atom. The van der Waals surface area contributed by atoms with E-state index in [1.165, 1.54) is 0 Å². The second-order valence-corrected chi connectivity index (χ2v) is 10.9. The number of amidine groups is 1. The molecule has 0 bridgehead atoms. The summed E-state index contributed by atoms with van der Waals surface area (Å²) < 4.78 is 1.96. The van der Waals surface area contributed by atoms with E-state index in [2.05, 4.69) is 50.6 Å². The predicted molar refractivity (Wildman–Crippen MR) is 148 cm³/mol. The molecule has 0 aliphatic carbocycles. The molecule has 6 heteroatoms. The van der Waals surface area contributed by atoms with Gasteiger partial charge in [-0.15, -0.1) is 0 Å². The maximum atomic E-state index is 8.62. The molecule has 0 spiro atoms. The standard InChI is InChI=1S/C29H40N6/c1-9-21(17-27-32-14-15-34(27)7)22-10-11-24(20(2)16-22)25(30)12-13-26(31)35(8)23-18-28(3,4)33-29(5,6)19-23/h9-17,23,30-31,33H,1,18-19H2,2-8H3/b13-12-,21-17+,30-25?,31-26?. The van der Waals surface area contributed by atoms with E-state index >= 15 is 0 Å². The van der Waals surface area contributed by atoms with Crippen LogP contribution in [0.2, 0.25) is 0 Å². The van der Waals surface area contributed by atoms with Gasteiger partial charge < -0.3 is 20.2 Å². The molecule has 35 heavy (non-hydrogen) atoms. The summed E-state index contributed by atoms with van der Waals surface area (Å²) in [5.41, 5.74) is 4.30. The van der Waals surface area contributed by atoms with Crippen molar-refractivity contribution in [2.24, 2.45) is 7.05 Å². The van der Waals surface area contributed by atoms with Gasteiger partial charge in [0.15, 0.2) is 0 Å². The Morgan fingerprint density at radius 3 is 2.37 bits per heavy atom. The lowest BCUT2D eigenvalue weighted by Crippen LogP contribution is -2.62. The molecule has 1 aromatic carbocycles. The number of hydrogen-bond donors (Lipinski definition) is 3. The largest absolute Gasteiger partial charge is 0.357 e. The highest BCUT2D eigenvalue weighted by atomic mass is 15.2. The first-order chi connectivity index (χ1) is 16.3. The van der Waals surface area contributed by atoms with Crippen LogP contribution < -0.4 is 5.32 Å². The molecule has 6 nitrogen and oxygen atoms in total. The number of nitrogens with one attached hydrogen (secondary N) is 3. The molecule has 1 aliphatic rings. The lowest BCUT2D eigenvalue weighted by molar-refractivity contribution is 0.114. The normalized spacial score (nSPS) is 18.0. The van der Waals surface area contributed by atoms with Crippen molar-refractivity contribution in [1.82, 2.24) is 19.8 Å². The van der Waals surface area contributed by atoms with Crippen LogP contribution in [0.3, 0.4) is 0 Å². The smallest absolute Gasteiger partial charge is 0.132 e. The number of nitrogens with zero attached hydrogens (tertiary/aromatic N) is 3.